The van der Waals surface area contributed by atoms with Crippen LogP contribution < -0.4 is 10.1 Å². The van der Waals surface area contributed by atoms with Crippen molar-refractivity contribution in [3.05, 3.63) is 66.0 Å². The number of carbonyl (C=O) groups is 1. The minimum absolute atomic E-state index is 0.210. The van der Waals surface area contributed by atoms with Crippen molar-refractivity contribution in [3.8, 4) is 5.75 Å². The molecule has 0 heterocycles. The summed E-state index contributed by atoms with van der Waals surface area (Å²) in [6, 6.07) is 15.2. The van der Waals surface area contributed by atoms with Gasteiger partial charge in [0.15, 0.2) is 6.10 Å². The lowest BCUT2D eigenvalue weighted by atomic mass is 10.2. The van der Waals surface area contributed by atoms with Gasteiger partial charge in [-0.1, -0.05) is 30.3 Å². The van der Waals surface area contributed by atoms with Crippen molar-refractivity contribution in [1.82, 2.24) is 5.32 Å². The summed E-state index contributed by atoms with van der Waals surface area (Å²) < 4.78 is 18.3. The maximum Gasteiger partial charge on any atom is 0.261 e. The number of ether oxygens (including phenoxy) is 1. The molecule has 0 saturated heterocycles. The van der Waals surface area contributed by atoms with Gasteiger partial charge >= 0.3 is 0 Å². The van der Waals surface area contributed by atoms with Crippen molar-refractivity contribution in [2.75, 3.05) is 0 Å². The number of amides is 1. The van der Waals surface area contributed by atoms with Gasteiger partial charge in [0, 0.05) is 6.54 Å². The molecule has 2 aromatic rings. The molecule has 0 spiro atoms. The Kier molecular flexibility index (Phi) is 4.71. The zero-order valence-corrected chi connectivity index (χ0v) is 11.2. The molecule has 1 amide bonds. The van der Waals surface area contributed by atoms with Gasteiger partial charge < -0.3 is 10.1 Å². The lowest BCUT2D eigenvalue weighted by Crippen LogP contribution is -2.35. The standard InChI is InChI=1S/C16H16FNO2/c1-12(20-15-5-3-2-4-6-15)16(19)18-11-13-7-9-14(17)10-8-13/h2-10,12H,11H2,1H3,(H,18,19). The molecule has 1 atom stereocenters. The number of carbonyl (C=O) groups excluding carboxylic acids is 1. The van der Waals surface area contributed by atoms with Crippen molar-refractivity contribution in [3.63, 3.8) is 0 Å². The Bertz CT molecular complexity index is 554. The highest BCUT2D eigenvalue weighted by Gasteiger charge is 2.13. The van der Waals surface area contributed by atoms with Crippen LogP contribution in [0.25, 0.3) is 0 Å². The van der Waals surface area contributed by atoms with Gasteiger partial charge in [0.2, 0.25) is 0 Å². The first-order chi connectivity index (χ1) is 9.65. The molecule has 2 aromatic carbocycles. The number of hydrogen-bond donors (Lipinski definition) is 1. The Morgan fingerprint density at radius 1 is 1.15 bits per heavy atom. The van der Waals surface area contributed by atoms with E-state index in [0.29, 0.717) is 12.3 Å². The van der Waals surface area contributed by atoms with Crippen LogP contribution in [-0.4, -0.2) is 12.0 Å². The third-order valence-electron chi connectivity index (χ3n) is 2.81. The van der Waals surface area contributed by atoms with Crippen LogP contribution in [0.5, 0.6) is 5.75 Å². The van der Waals surface area contributed by atoms with E-state index in [4.69, 9.17) is 4.74 Å². The van der Waals surface area contributed by atoms with Gasteiger partial charge in [0.25, 0.3) is 5.91 Å². The third kappa shape index (κ3) is 4.09. The first-order valence-corrected chi connectivity index (χ1v) is 6.39. The van der Waals surface area contributed by atoms with E-state index in [-0.39, 0.29) is 11.7 Å². The molecule has 0 aliphatic rings. The molecule has 0 aliphatic carbocycles. The van der Waals surface area contributed by atoms with E-state index in [1.165, 1.54) is 12.1 Å². The second kappa shape index (κ2) is 6.70. The van der Waals surface area contributed by atoms with E-state index < -0.39 is 6.10 Å². The minimum Gasteiger partial charge on any atom is -0.481 e. The molecule has 0 saturated carbocycles. The molecule has 0 radical (unpaired) electrons. The number of hydrogen-bond acceptors (Lipinski definition) is 2. The lowest BCUT2D eigenvalue weighted by molar-refractivity contribution is -0.127. The van der Waals surface area contributed by atoms with Gasteiger partial charge in [-0.25, -0.2) is 4.39 Å². The van der Waals surface area contributed by atoms with Crippen LogP contribution in [0.2, 0.25) is 0 Å². The maximum atomic E-state index is 12.7. The zero-order chi connectivity index (χ0) is 14.4. The van der Waals surface area contributed by atoms with Crippen LogP contribution in [0.15, 0.2) is 54.6 Å². The molecule has 2 rings (SSSR count). The van der Waals surface area contributed by atoms with Gasteiger partial charge in [-0.15, -0.1) is 0 Å². The quantitative estimate of drug-likeness (QED) is 0.909. The molecule has 0 bridgehead atoms. The van der Waals surface area contributed by atoms with E-state index in [2.05, 4.69) is 5.32 Å². The predicted molar refractivity (Wildman–Crippen MR) is 74.8 cm³/mol. The average Bonchev–Trinajstić information content (AvgIpc) is 2.47. The Labute approximate surface area is 117 Å². The number of halogens is 1. The molecule has 104 valence electrons. The summed E-state index contributed by atoms with van der Waals surface area (Å²) >= 11 is 0. The summed E-state index contributed by atoms with van der Waals surface area (Å²) in [5, 5.41) is 2.75. The second-order valence-electron chi connectivity index (χ2n) is 4.42. The molecule has 0 aliphatic heterocycles. The predicted octanol–water partition coefficient (Wildman–Crippen LogP) is 2.91. The summed E-state index contributed by atoms with van der Waals surface area (Å²) in [4.78, 5) is 11.9. The molecule has 20 heavy (non-hydrogen) atoms. The maximum absolute atomic E-state index is 12.7. The van der Waals surface area contributed by atoms with Crippen LogP contribution in [-0.2, 0) is 11.3 Å². The van der Waals surface area contributed by atoms with Crippen molar-refractivity contribution >= 4 is 5.91 Å². The van der Waals surface area contributed by atoms with Crippen molar-refractivity contribution < 1.29 is 13.9 Å². The van der Waals surface area contributed by atoms with E-state index in [0.717, 1.165) is 5.56 Å². The summed E-state index contributed by atoms with van der Waals surface area (Å²) in [5.74, 6) is 0.149. The monoisotopic (exact) mass is 273 g/mol. The number of nitrogens with one attached hydrogen (secondary N) is 1. The SMILES string of the molecule is CC(Oc1ccccc1)C(=O)NCc1ccc(F)cc1. The normalized spacial score (nSPS) is 11.7. The van der Waals surface area contributed by atoms with Crippen LogP contribution >= 0.6 is 0 Å². The number of benzene rings is 2. The van der Waals surface area contributed by atoms with Crippen LogP contribution in [0.3, 0.4) is 0 Å². The minimum atomic E-state index is -0.585. The lowest BCUT2D eigenvalue weighted by Gasteiger charge is -2.14. The zero-order valence-electron chi connectivity index (χ0n) is 11.2. The van der Waals surface area contributed by atoms with E-state index in [1.807, 2.05) is 18.2 Å². The summed E-state index contributed by atoms with van der Waals surface area (Å²) in [6.45, 7) is 2.04. The fourth-order valence-electron chi connectivity index (χ4n) is 1.69. The molecule has 0 fully saturated rings. The van der Waals surface area contributed by atoms with Crippen molar-refractivity contribution in [2.24, 2.45) is 0 Å². The van der Waals surface area contributed by atoms with Gasteiger partial charge in [-0.3, -0.25) is 4.79 Å². The molecule has 0 aromatic heterocycles. The number of para-hydroxylation sites is 1. The highest BCUT2D eigenvalue weighted by molar-refractivity contribution is 5.80. The van der Waals surface area contributed by atoms with Crippen LogP contribution in [0, 0.1) is 5.82 Å². The molecular formula is C16H16FNO2. The largest absolute Gasteiger partial charge is 0.481 e. The van der Waals surface area contributed by atoms with E-state index in [9.17, 15) is 9.18 Å². The Hall–Kier alpha value is -2.36. The topological polar surface area (TPSA) is 38.3 Å². The third-order valence-corrected chi connectivity index (χ3v) is 2.81. The van der Waals surface area contributed by atoms with Gasteiger partial charge in [-0.2, -0.15) is 0 Å². The van der Waals surface area contributed by atoms with Crippen LogP contribution in [0.1, 0.15) is 12.5 Å². The summed E-state index contributed by atoms with van der Waals surface area (Å²) in [5.41, 5.74) is 0.840. The Morgan fingerprint density at radius 3 is 2.45 bits per heavy atom. The number of rotatable bonds is 5. The molecule has 1 unspecified atom stereocenters. The Balaban J connectivity index is 1.83. The summed E-state index contributed by atoms with van der Waals surface area (Å²) in [6.07, 6.45) is -0.585. The van der Waals surface area contributed by atoms with Gasteiger partial charge in [0.05, 0.1) is 0 Å². The fourth-order valence-corrected chi connectivity index (χ4v) is 1.69. The van der Waals surface area contributed by atoms with Crippen molar-refractivity contribution in [1.29, 1.82) is 0 Å². The highest BCUT2D eigenvalue weighted by Crippen LogP contribution is 2.11. The second-order valence-corrected chi connectivity index (χ2v) is 4.42. The molecule has 4 heteroatoms. The first kappa shape index (κ1) is 14.1. The highest BCUT2D eigenvalue weighted by atomic mass is 19.1. The first-order valence-electron chi connectivity index (χ1n) is 6.39. The summed E-state index contributed by atoms with van der Waals surface area (Å²) in [7, 11) is 0. The average molecular weight is 273 g/mol. The van der Waals surface area contributed by atoms with Crippen LogP contribution in [0.4, 0.5) is 4.39 Å². The Morgan fingerprint density at radius 2 is 1.80 bits per heavy atom. The molecular weight excluding hydrogens is 257 g/mol. The van der Waals surface area contributed by atoms with E-state index >= 15 is 0 Å². The van der Waals surface area contributed by atoms with Gasteiger partial charge in [0.1, 0.15) is 11.6 Å². The smallest absolute Gasteiger partial charge is 0.261 e. The molecule has 1 N–H and O–H groups in total. The van der Waals surface area contributed by atoms with Gasteiger partial charge in [-0.05, 0) is 36.8 Å². The molecule has 3 nitrogen and oxygen atoms in total. The fraction of sp³-hybridized carbons (Fsp3) is 0.188. The van der Waals surface area contributed by atoms with E-state index in [1.54, 1.807) is 31.2 Å². The van der Waals surface area contributed by atoms with Crippen molar-refractivity contribution in [2.45, 2.75) is 19.6 Å².